The topological polar surface area (TPSA) is 67.2 Å². The van der Waals surface area contributed by atoms with E-state index in [1.54, 1.807) is 0 Å². The Morgan fingerprint density at radius 2 is 1.77 bits per heavy atom. The van der Waals surface area contributed by atoms with Gasteiger partial charge in [-0.2, -0.15) is 0 Å². The molecule has 1 aliphatic heterocycles. The summed E-state index contributed by atoms with van der Waals surface area (Å²) < 4.78 is 0. The van der Waals surface area contributed by atoms with Gasteiger partial charge < -0.3 is 5.32 Å². The molecule has 1 amide bonds. The zero-order valence-electron chi connectivity index (χ0n) is 25.3. The second kappa shape index (κ2) is 13.5. The van der Waals surface area contributed by atoms with E-state index in [1.165, 1.54) is 5.57 Å². The molecule has 5 nitrogen and oxygen atoms in total. The average Bonchev–Trinajstić information content (AvgIpc) is 3.71. The zero-order chi connectivity index (χ0) is 29.6. The van der Waals surface area contributed by atoms with Crippen molar-refractivity contribution in [3.05, 3.63) is 125 Å². The molecule has 1 aromatic heterocycles. The van der Waals surface area contributed by atoms with Crippen molar-refractivity contribution in [2.75, 3.05) is 0 Å². The number of nitrogens with zero attached hydrogens (tertiary/aromatic N) is 3. The molecule has 43 heavy (non-hydrogen) atoms. The average molecular weight is 571 g/mol. The molecular weight excluding hydrogens is 528 g/mol. The van der Waals surface area contributed by atoms with Gasteiger partial charge in [0, 0.05) is 31.3 Å². The third kappa shape index (κ3) is 7.10. The number of amides is 1. The van der Waals surface area contributed by atoms with Crippen LogP contribution in [0, 0.1) is 11.8 Å². The molecule has 2 aliphatic carbocycles. The lowest BCUT2D eigenvalue weighted by atomic mass is 9.72. The first kappa shape index (κ1) is 29.0. The molecule has 1 fully saturated rings. The predicted molar refractivity (Wildman–Crippen MR) is 175 cm³/mol. The summed E-state index contributed by atoms with van der Waals surface area (Å²) in [7, 11) is 0. The maximum Gasteiger partial charge on any atom is 0.228 e. The number of hydrogen-bond donors (Lipinski definition) is 1. The van der Waals surface area contributed by atoms with Gasteiger partial charge in [-0.25, -0.2) is 9.97 Å². The third-order valence-corrected chi connectivity index (χ3v) is 9.29. The van der Waals surface area contributed by atoms with E-state index in [1.807, 2.05) is 36.7 Å². The molecule has 3 aliphatic rings. The highest BCUT2D eigenvalue weighted by molar-refractivity contribution is 6.11. The molecule has 3 atom stereocenters. The molecule has 0 spiro atoms. The Hall–Kier alpha value is -4.12. The number of rotatable bonds is 10. The van der Waals surface area contributed by atoms with Crippen molar-refractivity contribution in [1.82, 2.24) is 15.3 Å². The van der Waals surface area contributed by atoms with Crippen LogP contribution in [0.1, 0.15) is 86.0 Å². The molecule has 6 rings (SSSR count). The minimum atomic E-state index is -0.169. The van der Waals surface area contributed by atoms with Crippen molar-refractivity contribution in [1.29, 1.82) is 0 Å². The molecule has 5 heteroatoms. The number of aliphatic imine (C=N–C) groups is 1. The minimum Gasteiger partial charge on any atom is -0.351 e. The van der Waals surface area contributed by atoms with Gasteiger partial charge in [0.05, 0.1) is 17.7 Å². The first-order chi connectivity index (χ1) is 21.1. The van der Waals surface area contributed by atoms with Crippen LogP contribution in [-0.2, 0) is 17.8 Å². The first-order valence-electron chi connectivity index (χ1n) is 15.9. The van der Waals surface area contributed by atoms with Crippen LogP contribution in [0.3, 0.4) is 0 Å². The van der Waals surface area contributed by atoms with Crippen molar-refractivity contribution < 1.29 is 4.79 Å². The molecule has 0 saturated heterocycles. The van der Waals surface area contributed by atoms with Crippen LogP contribution in [0.25, 0.3) is 5.57 Å². The first-order valence-corrected chi connectivity index (χ1v) is 15.9. The monoisotopic (exact) mass is 570 g/mol. The van der Waals surface area contributed by atoms with Gasteiger partial charge in [-0.3, -0.25) is 9.79 Å². The highest BCUT2D eigenvalue weighted by atomic mass is 16.1. The summed E-state index contributed by atoms with van der Waals surface area (Å²) in [6.07, 6.45) is 19.0. The van der Waals surface area contributed by atoms with Crippen molar-refractivity contribution in [2.24, 2.45) is 16.8 Å². The fraction of sp³-hybridized carbons (Fsp3) is 0.368. The largest absolute Gasteiger partial charge is 0.351 e. The Balaban J connectivity index is 1.13. The van der Waals surface area contributed by atoms with Crippen LogP contribution in [0.2, 0.25) is 0 Å². The summed E-state index contributed by atoms with van der Waals surface area (Å²) >= 11 is 0. The van der Waals surface area contributed by atoms with E-state index in [9.17, 15) is 4.79 Å². The van der Waals surface area contributed by atoms with E-state index >= 15 is 0 Å². The number of carbonyl (C=O) groups excluding carboxylic acids is 1. The summed E-state index contributed by atoms with van der Waals surface area (Å²) in [6, 6.07) is 21.0. The lowest BCUT2D eigenvalue weighted by molar-refractivity contribution is -0.124. The van der Waals surface area contributed by atoms with Crippen LogP contribution < -0.4 is 5.32 Å². The van der Waals surface area contributed by atoms with Crippen molar-refractivity contribution in [3.63, 3.8) is 0 Å². The minimum absolute atomic E-state index is 0.121. The second-order valence-corrected chi connectivity index (χ2v) is 12.3. The Bertz CT molecular complexity index is 1530. The molecule has 220 valence electrons. The molecule has 2 aromatic carbocycles. The highest BCUT2D eigenvalue weighted by Crippen LogP contribution is 2.40. The van der Waals surface area contributed by atoms with E-state index in [0.29, 0.717) is 18.4 Å². The van der Waals surface area contributed by atoms with Gasteiger partial charge in [-0.1, -0.05) is 91.4 Å². The fourth-order valence-electron chi connectivity index (χ4n) is 6.80. The van der Waals surface area contributed by atoms with Crippen molar-refractivity contribution >= 4 is 17.7 Å². The van der Waals surface area contributed by atoms with Crippen LogP contribution in [0.5, 0.6) is 0 Å². The Kier molecular flexibility index (Phi) is 9.07. The molecule has 3 unspecified atom stereocenters. The Labute approximate surface area is 256 Å². The fourth-order valence-corrected chi connectivity index (χ4v) is 6.80. The van der Waals surface area contributed by atoms with E-state index < -0.39 is 0 Å². The number of aromatic nitrogens is 2. The van der Waals surface area contributed by atoms with Crippen LogP contribution in [0.4, 0.5) is 0 Å². The van der Waals surface area contributed by atoms with Gasteiger partial charge in [0.1, 0.15) is 5.82 Å². The summed E-state index contributed by atoms with van der Waals surface area (Å²) in [5.41, 5.74) is 6.99. The van der Waals surface area contributed by atoms with Crippen LogP contribution in [-0.4, -0.2) is 28.1 Å². The van der Waals surface area contributed by atoms with E-state index in [2.05, 4.69) is 89.8 Å². The molecule has 0 bridgehead atoms. The third-order valence-electron chi connectivity index (χ3n) is 9.29. The van der Waals surface area contributed by atoms with E-state index in [0.717, 1.165) is 72.3 Å². The van der Waals surface area contributed by atoms with Gasteiger partial charge >= 0.3 is 0 Å². The van der Waals surface area contributed by atoms with Gasteiger partial charge in [0.2, 0.25) is 5.91 Å². The zero-order valence-corrected chi connectivity index (χ0v) is 25.3. The van der Waals surface area contributed by atoms with Gasteiger partial charge in [0.25, 0.3) is 0 Å². The maximum absolute atomic E-state index is 13.8. The molecule has 2 heterocycles. The standard InChI is InChI=1S/C38H42N4O/c1-3-27-9-14-33(22-27)35-19-20-39-36(42-35)23-28-10-12-31(13-11-28)37(38(43)41-24-29-7-5-4-6-8-29)32-17-15-30(16-18-32)34-21-26(2)40-25-34/h4-9,14-22,25-26,28,31,33,37H,3,10-13,23-24H2,1-2H3,(H,41,43)/t26?,28-,31-,33?,37?. The Morgan fingerprint density at radius 3 is 2.47 bits per heavy atom. The van der Waals surface area contributed by atoms with E-state index in [4.69, 9.17) is 4.98 Å². The smallest absolute Gasteiger partial charge is 0.228 e. The summed E-state index contributed by atoms with van der Waals surface area (Å²) in [6.45, 7) is 4.83. The summed E-state index contributed by atoms with van der Waals surface area (Å²) in [4.78, 5) is 27.9. The lowest BCUT2D eigenvalue weighted by Gasteiger charge is -2.33. The van der Waals surface area contributed by atoms with Crippen molar-refractivity contribution in [3.8, 4) is 0 Å². The quantitative estimate of drug-likeness (QED) is 0.271. The lowest BCUT2D eigenvalue weighted by Crippen LogP contribution is -2.35. The van der Waals surface area contributed by atoms with Gasteiger partial charge in [0.15, 0.2) is 0 Å². The number of allylic oxidation sites excluding steroid dienone is 5. The SMILES string of the molecule is CCC1=CC(c2ccnc(C[C@H]3CC[C@H](C(C(=O)NCc4ccccc4)c4ccc(C5=CC(C)N=C5)cc4)CC3)n2)C=C1. The number of hydrogen-bond acceptors (Lipinski definition) is 4. The molecule has 1 saturated carbocycles. The molecular formula is C38H42N4O. The number of carbonyl (C=O) groups is 1. The van der Waals surface area contributed by atoms with Crippen LogP contribution >= 0.6 is 0 Å². The normalized spacial score (nSPS) is 23.6. The summed E-state index contributed by atoms with van der Waals surface area (Å²) in [5.74, 6) is 2.00. The predicted octanol–water partition coefficient (Wildman–Crippen LogP) is 7.77. The molecule has 3 aromatic rings. The van der Waals surface area contributed by atoms with Gasteiger partial charge in [-0.05, 0) is 79.2 Å². The number of benzene rings is 2. The van der Waals surface area contributed by atoms with E-state index in [-0.39, 0.29) is 23.8 Å². The Morgan fingerprint density at radius 1 is 0.977 bits per heavy atom. The van der Waals surface area contributed by atoms with Crippen LogP contribution in [0.15, 0.2) is 102 Å². The number of nitrogens with one attached hydrogen (secondary N) is 1. The highest BCUT2D eigenvalue weighted by Gasteiger charge is 2.33. The van der Waals surface area contributed by atoms with Crippen molar-refractivity contribution in [2.45, 2.75) is 76.8 Å². The van der Waals surface area contributed by atoms with Gasteiger partial charge in [-0.15, -0.1) is 0 Å². The maximum atomic E-state index is 13.8. The molecule has 0 radical (unpaired) electrons. The molecule has 1 N–H and O–H groups in total. The second-order valence-electron chi connectivity index (χ2n) is 12.3. The summed E-state index contributed by atoms with van der Waals surface area (Å²) in [5, 5.41) is 3.26.